The number of hydrogen-bond donors (Lipinski definition) is 1. The molecule has 0 spiro atoms. The fraction of sp³-hybridized carbons (Fsp3) is 0.440. The summed E-state index contributed by atoms with van der Waals surface area (Å²) in [4.78, 5) is 16.1. The van der Waals surface area contributed by atoms with Crippen molar-refractivity contribution in [3.8, 4) is 5.75 Å². The van der Waals surface area contributed by atoms with E-state index in [4.69, 9.17) is 20.8 Å². The first kappa shape index (κ1) is 22.6. The van der Waals surface area contributed by atoms with Crippen molar-refractivity contribution in [2.75, 3.05) is 25.1 Å². The molecule has 0 amide bonds. The van der Waals surface area contributed by atoms with Crippen molar-refractivity contribution in [2.45, 2.75) is 46.3 Å². The average Bonchev–Trinajstić information content (AvgIpc) is 2.78. The first-order valence-electron chi connectivity index (χ1n) is 10.7. The molecule has 1 heterocycles. The molecule has 6 heteroatoms. The van der Waals surface area contributed by atoms with Gasteiger partial charge in [-0.1, -0.05) is 19.9 Å². The quantitative estimate of drug-likeness (QED) is 0.431. The predicted octanol–water partition coefficient (Wildman–Crippen LogP) is 5.78. The number of hydrogen-bond acceptors (Lipinski definition) is 5. The number of esters is 1. The summed E-state index contributed by atoms with van der Waals surface area (Å²) in [5.74, 6) is 0.378. The zero-order valence-electron chi connectivity index (χ0n) is 18.6. The van der Waals surface area contributed by atoms with Gasteiger partial charge in [0.1, 0.15) is 5.75 Å². The van der Waals surface area contributed by atoms with Gasteiger partial charge >= 0.3 is 5.97 Å². The van der Waals surface area contributed by atoms with Crippen LogP contribution in [0.1, 0.15) is 56.1 Å². The summed E-state index contributed by atoms with van der Waals surface area (Å²) in [5, 5.41) is 3.57. The van der Waals surface area contributed by atoms with Crippen LogP contribution in [-0.4, -0.2) is 31.8 Å². The molecule has 164 valence electrons. The molecular weight excluding hydrogens is 392 g/mol. The van der Waals surface area contributed by atoms with E-state index in [-0.39, 0.29) is 30.1 Å². The molecule has 2 unspecified atom stereocenters. The highest BCUT2D eigenvalue weighted by atomic mass is 16.5. The second-order valence-corrected chi connectivity index (χ2v) is 8.28. The Bertz CT molecular complexity index is 947. The zero-order valence-corrected chi connectivity index (χ0v) is 18.6. The van der Waals surface area contributed by atoms with Crippen LogP contribution in [0.15, 0.2) is 42.5 Å². The van der Waals surface area contributed by atoms with E-state index in [2.05, 4.69) is 24.0 Å². The summed E-state index contributed by atoms with van der Waals surface area (Å²) in [5.41, 5.74) is 2.75. The van der Waals surface area contributed by atoms with Crippen molar-refractivity contribution >= 4 is 17.3 Å². The van der Waals surface area contributed by atoms with E-state index >= 15 is 0 Å². The Morgan fingerprint density at radius 1 is 1.16 bits per heavy atom. The molecule has 3 rings (SSSR count). The lowest BCUT2D eigenvalue weighted by Gasteiger charge is -2.41. The number of ether oxygens (including phenoxy) is 3. The van der Waals surface area contributed by atoms with Crippen molar-refractivity contribution in [2.24, 2.45) is 5.41 Å². The number of anilines is 1. The molecule has 31 heavy (non-hydrogen) atoms. The molecule has 2 atom stereocenters. The highest BCUT2D eigenvalue weighted by Gasteiger charge is 2.37. The van der Waals surface area contributed by atoms with Gasteiger partial charge < -0.3 is 19.5 Å². The monoisotopic (exact) mass is 422 g/mol. The van der Waals surface area contributed by atoms with Gasteiger partial charge in [0.25, 0.3) is 0 Å². The number of nitrogens with zero attached hydrogens (tertiary/aromatic N) is 1. The Morgan fingerprint density at radius 3 is 2.55 bits per heavy atom. The van der Waals surface area contributed by atoms with Crippen molar-refractivity contribution < 1.29 is 19.0 Å². The molecule has 1 N–H and O–H groups in total. The van der Waals surface area contributed by atoms with Gasteiger partial charge in [0.15, 0.2) is 5.69 Å². The molecule has 0 saturated heterocycles. The molecule has 1 aliphatic rings. The second-order valence-electron chi connectivity index (χ2n) is 8.28. The third kappa shape index (κ3) is 5.36. The molecule has 0 radical (unpaired) electrons. The van der Waals surface area contributed by atoms with Gasteiger partial charge in [-0.25, -0.2) is 9.64 Å². The Kier molecular flexibility index (Phi) is 7.19. The summed E-state index contributed by atoms with van der Waals surface area (Å²) in [7, 11) is 0. The molecular formula is C25H30N2O4. The molecule has 1 aliphatic heterocycles. The SMILES string of the molecule is [C-]#[N+]c1ccc2c(c1)C(OCC)CC(C(C)(C)COC(=O)c1ccc(OCC)cc1)N2. The molecule has 6 nitrogen and oxygen atoms in total. The Balaban J connectivity index is 1.69. The minimum absolute atomic E-state index is 0.0449. The Labute approximate surface area is 184 Å². The van der Waals surface area contributed by atoms with E-state index < -0.39 is 0 Å². The maximum atomic E-state index is 12.5. The third-order valence-corrected chi connectivity index (χ3v) is 5.58. The van der Waals surface area contributed by atoms with E-state index in [1.807, 2.05) is 32.0 Å². The molecule has 2 aromatic carbocycles. The number of carbonyl (C=O) groups excluding carboxylic acids is 1. The standard InChI is InChI=1S/C25H30N2O4/c1-6-29-19-11-8-17(9-12-19)24(28)31-16-25(3,4)23-15-22(30-7-2)20-14-18(26-5)10-13-21(20)27-23/h8-14,22-23,27H,6-7,15-16H2,1-4H3. The molecule has 0 saturated carbocycles. The highest BCUT2D eigenvalue weighted by Crippen LogP contribution is 2.42. The summed E-state index contributed by atoms with van der Waals surface area (Å²) in [6.07, 6.45) is 0.629. The van der Waals surface area contributed by atoms with Crippen LogP contribution in [0, 0.1) is 12.0 Å². The van der Waals surface area contributed by atoms with Gasteiger partial charge in [-0.05, 0) is 62.2 Å². The van der Waals surface area contributed by atoms with E-state index in [1.165, 1.54) is 0 Å². The number of benzene rings is 2. The van der Waals surface area contributed by atoms with Crippen LogP contribution in [0.4, 0.5) is 11.4 Å². The molecule has 0 fully saturated rings. The van der Waals surface area contributed by atoms with Gasteiger partial charge in [-0.15, -0.1) is 0 Å². The van der Waals surface area contributed by atoms with E-state index in [0.29, 0.717) is 24.5 Å². The van der Waals surface area contributed by atoms with E-state index in [9.17, 15) is 4.79 Å². The van der Waals surface area contributed by atoms with E-state index in [1.54, 1.807) is 24.3 Å². The van der Waals surface area contributed by atoms with Crippen LogP contribution < -0.4 is 10.1 Å². The van der Waals surface area contributed by atoms with Gasteiger partial charge in [0.2, 0.25) is 0 Å². The average molecular weight is 423 g/mol. The Hall–Kier alpha value is -3.04. The van der Waals surface area contributed by atoms with E-state index in [0.717, 1.165) is 23.4 Å². The van der Waals surface area contributed by atoms with Gasteiger partial charge in [-0.2, -0.15) is 0 Å². The maximum absolute atomic E-state index is 12.5. The van der Waals surface area contributed by atoms with Gasteiger partial charge in [-0.3, -0.25) is 0 Å². The number of nitrogens with one attached hydrogen (secondary N) is 1. The molecule has 0 bridgehead atoms. The smallest absolute Gasteiger partial charge is 0.338 e. The largest absolute Gasteiger partial charge is 0.494 e. The summed E-state index contributed by atoms with van der Waals surface area (Å²) in [6, 6.07) is 12.7. The van der Waals surface area contributed by atoms with Gasteiger partial charge in [0.05, 0.1) is 31.5 Å². The van der Waals surface area contributed by atoms with Crippen LogP contribution in [0.2, 0.25) is 0 Å². The predicted molar refractivity (Wildman–Crippen MR) is 121 cm³/mol. The molecule has 0 aromatic heterocycles. The normalized spacial score (nSPS) is 17.8. The van der Waals surface area contributed by atoms with Crippen molar-refractivity contribution in [3.63, 3.8) is 0 Å². The van der Waals surface area contributed by atoms with Gasteiger partial charge in [0, 0.05) is 23.8 Å². The second kappa shape index (κ2) is 9.84. The number of rotatable bonds is 8. The third-order valence-electron chi connectivity index (χ3n) is 5.58. The summed E-state index contributed by atoms with van der Waals surface area (Å²) < 4.78 is 17.1. The van der Waals surface area contributed by atoms with Crippen molar-refractivity contribution in [1.82, 2.24) is 0 Å². The minimum Gasteiger partial charge on any atom is -0.494 e. The fourth-order valence-electron chi connectivity index (χ4n) is 3.77. The number of fused-ring (bicyclic) bond motifs is 1. The fourth-order valence-corrected chi connectivity index (χ4v) is 3.77. The topological polar surface area (TPSA) is 61.2 Å². The first-order chi connectivity index (χ1) is 14.9. The zero-order chi connectivity index (χ0) is 22.4. The summed E-state index contributed by atoms with van der Waals surface area (Å²) in [6.45, 7) is 16.8. The summed E-state index contributed by atoms with van der Waals surface area (Å²) >= 11 is 0. The number of carbonyl (C=O) groups is 1. The van der Waals surface area contributed by atoms with Crippen LogP contribution in [0.5, 0.6) is 5.75 Å². The van der Waals surface area contributed by atoms with Crippen LogP contribution in [0.25, 0.3) is 4.85 Å². The molecule has 2 aromatic rings. The lowest BCUT2D eigenvalue weighted by molar-refractivity contribution is 0.0139. The van der Waals surface area contributed by atoms with Crippen LogP contribution in [-0.2, 0) is 9.47 Å². The maximum Gasteiger partial charge on any atom is 0.338 e. The van der Waals surface area contributed by atoms with Crippen molar-refractivity contribution in [1.29, 1.82) is 0 Å². The lowest BCUT2D eigenvalue weighted by Crippen LogP contribution is -2.44. The first-order valence-corrected chi connectivity index (χ1v) is 10.7. The van der Waals surface area contributed by atoms with Crippen molar-refractivity contribution in [3.05, 3.63) is 65.0 Å². The highest BCUT2D eigenvalue weighted by molar-refractivity contribution is 5.89. The Morgan fingerprint density at radius 2 is 1.90 bits per heavy atom. The molecule has 0 aliphatic carbocycles. The lowest BCUT2D eigenvalue weighted by atomic mass is 9.78. The van der Waals surface area contributed by atoms with Crippen LogP contribution in [0.3, 0.4) is 0 Å². The van der Waals surface area contributed by atoms with Crippen LogP contribution >= 0.6 is 0 Å². The minimum atomic E-state index is -0.351.